The quantitative estimate of drug-likeness (QED) is 0.465. The van der Waals surface area contributed by atoms with Gasteiger partial charge in [0.1, 0.15) is 0 Å². The number of hydrogen-bond acceptors (Lipinski definition) is 1. The molecule has 1 aliphatic heterocycles. The molecule has 144 valence electrons. The number of hydrogen-bond donors (Lipinski definition) is 0. The maximum Gasteiger partial charge on any atom is 0.401 e. The second-order valence-electron chi connectivity index (χ2n) is 7.73. The van der Waals surface area contributed by atoms with E-state index in [-0.39, 0.29) is 40.4 Å². The summed E-state index contributed by atoms with van der Waals surface area (Å²) >= 11 is -1.32. The van der Waals surface area contributed by atoms with Crippen LogP contribution in [0.5, 0.6) is 0 Å². The van der Waals surface area contributed by atoms with Gasteiger partial charge in [-0.3, -0.25) is 0 Å². The van der Waals surface area contributed by atoms with Crippen LogP contribution in [0.25, 0.3) is 12.2 Å². The van der Waals surface area contributed by atoms with E-state index in [0.29, 0.717) is 0 Å². The van der Waals surface area contributed by atoms with E-state index < -0.39 is 20.3 Å². The van der Waals surface area contributed by atoms with Gasteiger partial charge in [0, 0.05) is 0 Å². The minimum Gasteiger partial charge on any atom is -1.00 e. The number of halogens is 2. The van der Waals surface area contributed by atoms with Gasteiger partial charge in [0.25, 0.3) is 0 Å². The third kappa shape index (κ3) is 4.38. The summed E-state index contributed by atoms with van der Waals surface area (Å²) in [7, 11) is 0. The van der Waals surface area contributed by atoms with Gasteiger partial charge in [-0.2, -0.15) is 0 Å². The van der Waals surface area contributed by atoms with E-state index in [1.165, 1.54) is 11.1 Å². The normalized spacial score (nSPS) is 25.1. The Morgan fingerprint density at radius 3 is 1.64 bits per heavy atom. The van der Waals surface area contributed by atoms with Crippen molar-refractivity contribution in [2.24, 2.45) is 0 Å². The molecule has 0 amide bonds. The van der Waals surface area contributed by atoms with Gasteiger partial charge in [0.2, 0.25) is 0 Å². The third-order valence-electron chi connectivity index (χ3n) is 6.46. The number of allylic oxidation sites excluding steroid dienone is 2. The van der Waals surface area contributed by atoms with Crippen molar-refractivity contribution < 1.29 is 47.9 Å². The van der Waals surface area contributed by atoms with Crippen molar-refractivity contribution in [2.45, 2.75) is 27.7 Å². The maximum atomic E-state index is 4.82. The van der Waals surface area contributed by atoms with Crippen LogP contribution < -0.4 is 24.8 Å². The minimum absolute atomic E-state index is 0. The van der Waals surface area contributed by atoms with Gasteiger partial charge in [-0.25, -0.2) is 0 Å². The van der Waals surface area contributed by atoms with Crippen molar-refractivity contribution in [1.82, 2.24) is 0 Å². The largest absolute Gasteiger partial charge is 1.00 e. The summed E-state index contributed by atoms with van der Waals surface area (Å²) in [5.41, 5.74) is 6.19. The van der Waals surface area contributed by atoms with Gasteiger partial charge in [-0.1, -0.05) is 5.79 Å². The summed E-state index contributed by atoms with van der Waals surface area (Å²) in [6.07, 6.45) is 9.88. The van der Waals surface area contributed by atoms with Gasteiger partial charge in [-0.05, 0) is 0 Å². The predicted octanol–water partition coefficient (Wildman–Crippen LogP) is -1.12. The molecule has 0 spiro atoms. The topological polar surface area (TPSA) is 9.23 Å². The third-order valence-corrected chi connectivity index (χ3v) is 23.9. The van der Waals surface area contributed by atoms with E-state index in [2.05, 4.69) is 85.5 Å². The van der Waals surface area contributed by atoms with Gasteiger partial charge in [0.15, 0.2) is 0 Å². The van der Waals surface area contributed by atoms with Crippen molar-refractivity contribution in [1.29, 1.82) is 0 Å². The summed E-state index contributed by atoms with van der Waals surface area (Å²) in [6.45, 7) is 2.53. The fourth-order valence-electron chi connectivity index (χ4n) is 4.97. The Balaban J connectivity index is 0.000000431. The van der Waals surface area contributed by atoms with Crippen LogP contribution in [-0.2, 0) is 23.1 Å². The SMILES string of the molecule is C[CH]1[CH2][Zr+2]1([CH]1C=Cc2ccccc21)[CH]1C=Cc2ccccc21.[CH3][AlH][O][AlH2].[Cl-].[Cl-]. The zero-order valence-corrected chi connectivity index (χ0v) is 24.1. The molecule has 0 aromatic heterocycles. The number of benzene rings is 2. The van der Waals surface area contributed by atoms with Crippen LogP contribution in [0.1, 0.15) is 36.4 Å². The predicted molar refractivity (Wildman–Crippen MR) is 113 cm³/mol. The molecule has 0 N–H and O–H groups in total. The van der Waals surface area contributed by atoms with Crippen molar-refractivity contribution in [3.8, 4) is 0 Å². The Morgan fingerprint density at radius 2 is 1.29 bits per heavy atom. The van der Waals surface area contributed by atoms with Crippen molar-refractivity contribution in [2.75, 3.05) is 0 Å². The summed E-state index contributed by atoms with van der Waals surface area (Å²) in [5.74, 6) is 2.13. The fraction of sp³-hybridized carbons (Fsp3) is 0.273. The second-order valence-corrected chi connectivity index (χ2v) is 22.6. The minimum atomic E-state index is -2.26. The molecule has 1 heterocycles. The number of rotatable bonds is 3. The first-order valence-corrected chi connectivity index (χ1v) is 18.6. The second kappa shape index (κ2) is 10.6. The van der Waals surface area contributed by atoms with E-state index in [4.69, 9.17) is 2.84 Å². The van der Waals surface area contributed by atoms with E-state index in [0.717, 1.165) is 27.5 Å². The molecule has 28 heavy (non-hydrogen) atoms. The molecule has 2 aromatic rings. The van der Waals surface area contributed by atoms with Crippen LogP contribution in [0.3, 0.4) is 0 Å². The molecule has 3 aliphatic rings. The molecule has 3 atom stereocenters. The van der Waals surface area contributed by atoms with Crippen LogP contribution in [0.4, 0.5) is 0 Å². The first kappa shape index (κ1) is 24.7. The average Bonchev–Trinajstić information content (AvgIpc) is 3.06. The standard InChI is InChI=1S/2C9H7.C3H6.CH3.2Al.2ClH.O.Zr.3H/c2*1-2-5-9-7-3-6-8(9)4-1;1-3-2;;;;;;;;;;/h2*1-7H;3H,1H2,2H3;1H3;;;2*1H;;;;;/q;;;;;;;;;+2;;;/p-2. The molecule has 1 saturated heterocycles. The van der Waals surface area contributed by atoms with Crippen LogP contribution >= 0.6 is 0 Å². The Hall–Kier alpha value is 0.408. The molecule has 6 heteroatoms. The van der Waals surface area contributed by atoms with Crippen molar-refractivity contribution >= 4 is 44.3 Å². The number of fused-ring (bicyclic) bond motifs is 2. The first-order chi connectivity index (χ1) is 12.7. The molecule has 2 aliphatic carbocycles. The Bertz CT molecular complexity index is 808. The van der Waals surface area contributed by atoms with E-state index >= 15 is 0 Å². The van der Waals surface area contributed by atoms with Crippen molar-refractivity contribution in [3.63, 3.8) is 0 Å². The van der Waals surface area contributed by atoms with Gasteiger partial charge >= 0.3 is 169 Å². The maximum absolute atomic E-state index is 4.82. The van der Waals surface area contributed by atoms with Crippen LogP contribution in [0, 0.1) is 0 Å². The summed E-state index contributed by atoms with van der Waals surface area (Å²) < 4.78 is 8.92. The Labute approximate surface area is 201 Å². The van der Waals surface area contributed by atoms with E-state index in [1.807, 2.05) is 0 Å². The van der Waals surface area contributed by atoms with E-state index in [1.54, 1.807) is 15.3 Å². The summed E-state index contributed by atoms with van der Waals surface area (Å²) in [6, 6.07) is 18.1. The Morgan fingerprint density at radius 1 is 0.893 bits per heavy atom. The fourth-order valence-corrected chi connectivity index (χ4v) is 22.3. The molecule has 5 rings (SSSR count). The molecule has 1 fully saturated rings. The average molecular weight is 523 g/mol. The summed E-state index contributed by atoms with van der Waals surface area (Å²) in [4.78, 5) is 0. The molecular formula is C22H26Al2Cl2OZr. The zero-order chi connectivity index (χ0) is 18.1. The molecule has 0 radical (unpaired) electrons. The van der Waals surface area contributed by atoms with Crippen LogP contribution in [0.2, 0.25) is 13.5 Å². The molecule has 1 nitrogen and oxygen atoms in total. The monoisotopic (exact) mass is 520 g/mol. The van der Waals surface area contributed by atoms with Crippen molar-refractivity contribution in [3.05, 3.63) is 82.9 Å². The molecular weight excluding hydrogens is 496 g/mol. The molecule has 0 saturated carbocycles. The zero-order valence-electron chi connectivity index (χ0n) is 16.7. The van der Waals surface area contributed by atoms with Crippen LogP contribution in [0.15, 0.2) is 60.7 Å². The smallest absolute Gasteiger partial charge is 0.401 e. The molecule has 2 aromatic carbocycles. The first-order valence-electron chi connectivity index (χ1n) is 9.75. The molecule has 0 bridgehead atoms. The van der Waals surface area contributed by atoms with Gasteiger partial charge in [-0.15, -0.1) is 0 Å². The Kier molecular flexibility index (Phi) is 9.37. The van der Waals surface area contributed by atoms with Crippen LogP contribution in [-0.4, -0.2) is 32.2 Å². The molecule has 3 unspecified atom stereocenters. The van der Waals surface area contributed by atoms with Gasteiger partial charge in [0.05, 0.1) is 0 Å². The van der Waals surface area contributed by atoms with Gasteiger partial charge < -0.3 is 27.7 Å². The summed E-state index contributed by atoms with van der Waals surface area (Å²) in [5, 5.41) is 0. The van der Waals surface area contributed by atoms with E-state index in [9.17, 15) is 0 Å².